The second-order valence-corrected chi connectivity index (χ2v) is 5.30. The van der Waals surface area contributed by atoms with Crippen LogP contribution < -0.4 is 5.32 Å². The summed E-state index contributed by atoms with van der Waals surface area (Å²) in [5.41, 5.74) is 3.48. The Morgan fingerprint density at radius 2 is 2.28 bits per heavy atom. The molecular formula is C14H19N3S. The largest absolute Gasteiger partial charge is 0.309 e. The molecule has 0 spiro atoms. The Morgan fingerprint density at radius 1 is 1.44 bits per heavy atom. The maximum absolute atomic E-state index is 4.72. The number of pyridine rings is 1. The minimum atomic E-state index is 0.317. The molecular weight excluding hydrogens is 242 g/mol. The van der Waals surface area contributed by atoms with E-state index < -0.39 is 0 Å². The van der Waals surface area contributed by atoms with Gasteiger partial charge in [-0.3, -0.25) is 4.98 Å². The molecule has 0 aromatic carbocycles. The Labute approximate surface area is 112 Å². The van der Waals surface area contributed by atoms with Crippen LogP contribution >= 0.6 is 11.3 Å². The smallest absolute Gasteiger partial charge is 0.124 e. The lowest BCUT2D eigenvalue weighted by Gasteiger charge is -2.09. The summed E-state index contributed by atoms with van der Waals surface area (Å²) < 4.78 is 0. The highest BCUT2D eigenvalue weighted by Crippen LogP contribution is 2.27. The first-order valence-electron chi connectivity index (χ1n) is 6.32. The van der Waals surface area contributed by atoms with Gasteiger partial charge in [-0.15, -0.1) is 11.3 Å². The van der Waals surface area contributed by atoms with E-state index in [1.165, 1.54) is 11.1 Å². The molecule has 0 aliphatic carbocycles. The van der Waals surface area contributed by atoms with Gasteiger partial charge in [-0.05, 0) is 38.4 Å². The van der Waals surface area contributed by atoms with Gasteiger partial charge in [0.05, 0.1) is 5.69 Å². The van der Waals surface area contributed by atoms with Gasteiger partial charge in [-0.1, -0.05) is 6.92 Å². The molecule has 0 fully saturated rings. The number of hydrogen-bond acceptors (Lipinski definition) is 4. The minimum absolute atomic E-state index is 0.317. The van der Waals surface area contributed by atoms with E-state index in [4.69, 9.17) is 4.98 Å². The minimum Gasteiger partial charge on any atom is -0.309 e. The number of aryl methyl sites for hydroxylation is 1. The average Bonchev–Trinajstić information content (AvgIpc) is 2.86. The third kappa shape index (κ3) is 2.94. The zero-order chi connectivity index (χ0) is 13.0. The van der Waals surface area contributed by atoms with Crippen molar-refractivity contribution in [1.29, 1.82) is 0 Å². The molecule has 0 amide bonds. The van der Waals surface area contributed by atoms with Crippen molar-refractivity contribution < 1.29 is 0 Å². The van der Waals surface area contributed by atoms with Gasteiger partial charge in [-0.25, -0.2) is 4.98 Å². The van der Waals surface area contributed by atoms with Crippen LogP contribution in [-0.4, -0.2) is 16.5 Å². The highest BCUT2D eigenvalue weighted by atomic mass is 32.1. The molecule has 0 saturated carbocycles. The molecule has 2 aromatic heterocycles. The van der Waals surface area contributed by atoms with E-state index in [0.717, 1.165) is 23.7 Å². The fraction of sp³-hybridized carbons (Fsp3) is 0.429. The van der Waals surface area contributed by atoms with E-state index in [9.17, 15) is 0 Å². The molecule has 0 aliphatic rings. The van der Waals surface area contributed by atoms with Gasteiger partial charge in [0.25, 0.3) is 0 Å². The lowest BCUT2D eigenvalue weighted by molar-refractivity contribution is 0.561. The Bertz CT molecular complexity index is 507. The standard InChI is InChI=1S/C14H19N3S/c1-4-6-16-11(3)13-9-18-14(17-13)12-5-7-15-8-10(12)2/h5,7-9,11,16H,4,6H2,1-3H3. The van der Waals surface area contributed by atoms with Crippen molar-refractivity contribution in [3.8, 4) is 10.6 Å². The van der Waals surface area contributed by atoms with Crippen molar-refractivity contribution in [2.45, 2.75) is 33.2 Å². The van der Waals surface area contributed by atoms with E-state index in [1.807, 2.05) is 18.5 Å². The van der Waals surface area contributed by atoms with Crippen molar-refractivity contribution >= 4 is 11.3 Å². The predicted molar refractivity (Wildman–Crippen MR) is 76.8 cm³/mol. The first-order chi connectivity index (χ1) is 8.72. The second-order valence-electron chi connectivity index (χ2n) is 4.44. The van der Waals surface area contributed by atoms with Crippen molar-refractivity contribution in [1.82, 2.24) is 15.3 Å². The summed E-state index contributed by atoms with van der Waals surface area (Å²) in [4.78, 5) is 8.84. The molecule has 0 saturated heterocycles. The Hall–Kier alpha value is -1.26. The highest BCUT2D eigenvalue weighted by molar-refractivity contribution is 7.13. The number of hydrogen-bond donors (Lipinski definition) is 1. The van der Waals surface area contributed by atoms with Gasteiger partial charge >= 0.3 is 0 Å². The fourth-order valence-electron chi connectivity index (χ4n) is 1.79. The van der Waals surface area contributed by atoms with E-state index >= 15 is 0 Å². The first kappa shape index (κ1) is 13.2. The number of aromatic nitrogens is 2. The van der Waals surface area contributed by atoms with Crippen LogP contribution in [0.15, 0.2) is 23.8 Å². The monoisotopic (exact) mass is 261 g/mol. The lowest BCUT2D eigenvalue weighted by Crippen LogP contribution is -2.19. The summed E-state index contributed by atoms with van der Waals surface area (Å²) in [7, 11) is 0. The summed E-state index contributed by atoms with van der Waals surface area (Å²) >= 11 is 1.70. The first-order valence-corrected chi connectivity index (χ1v) is 7.20. The predicted octanol–water partition coefficient (Wildman–Crippen LogP) is 3.57. The molecule has 4 heteroatoms. The molecule has 3 nitrogen and oxygen atoms in total. The summed E-state index contributed by atoms with van der Waals surface area (Å²) in [6, 6.07) is 2.35. The van der Waals surface area contributed by atoms with Crippen molar-refractivity contribution in [2.75, 3.05) is 6.54 Å². The van der Waals surface area contributed by atoms with Gasteiger partial charge in [-0.2, -0.15) is 0 Å². The van der Waals surface area contributed by atoms with E-state index in [1.54, 1.807) is 11.3 Å². The van der Waals surface area contributed by atoms with Gasteiger partial charge in [0.15, 0.2) is 0 Å². The fourth-order valence-corrected chi connectivity index (χ4v) is 2.79. The topological polar surface area (TPSA) is 37.8 Å². The van der Waals surface area contributed by atoms with Crippen LogP contribution in [0.2, 0.25) is 0 Å². The summed E-state index contributed by atoms with van der Waals surface area (Å²) in [6.07, 6.45) is 4.85. The van der Waals surface area contributed by atoms with Crippen LogP contribution in [0.25, 0.3) is 10.6 Å². The van der Waals surface area contributed by atoms with Gasteiger partial charge < -0.3 is 5.32 Å². The molecule has 1 unspecified atom stereocenters. The lowest BCUT2D eigenvalue weighted by atomic mass is 10.2. The summed E-state index contributed by atoms with van der Waals surface area (Å²) in [5.74, 6) is 0. The van der Waals surface area contributed by atoms with Crippen LogP contribution in [0, 0.1) is 6.92 Å². The van der Waals surface area contributed by atoms with Crippen LogP contribution in [0.4, 0.5) is 0 Å². The second kappa shape index (κ2) is 6.07. The molecule has 0 radical (unpaired) electrons. The number of rotatable bonds is 5. The van der Waals surface area contributed by atoms with Crippen molar-refractivity contribution in [3.05, 3.63) is 35.1 Å². The van der Waals surface area contributed by atoms with Gasteiger partial charge in [0.1, 0.15) is 5.01 Å². The normalized spacial score (nSPS) is 12.6. The van der Waals surface area contributed by atoms with Crippen LogP contribution in [0.3, 0.4) is 0 Å². The molecule has 96 valence electrons. The summed E-state index contributed by atoms with van der Waals surface area (Å²) in [6.45, 7) is 7.44. The van der Waals surface area contributed by atoms with Crippen LogP contribution in [-0.2, 0) is 0 Å². The maximum Gasteiger partial charge on any atom is 0.124 e. The molecule has 1 N–H and O–H groups in total. The zero-order valence-corrected chi connectivity index (χ0v) is 11.9. The van der Waals surface area contributed by atoms with E-state index in [0.29, 0.717) is 6.04 Å². The number of thiazole rings is 1. The van der Waals surface area contributed by atoms with Crippen molar-refractivity contribution in [3.63, 3.8) is 0 Å². The van der Waals surface area contributed by atoms with E-state index in [-0.39, 0.29) is 0 Å². The third-order valence-electron chi connectivity index (χ3n) is 2.92. The quantitative estimate of drug-likeness (QED) is 0.894. The van der Waals surface area contributed by atoms with E-state index in [2.05, 4.69) is 36.5 Å². The maximum atomic E-state index is 4.72. The van der Waals surface area contributed by atoms with Gasteiger partial charge in [0, 0.05) is 29.4 Å². The SMILES string of the molecule is CCCNC(C)c1csc(-c2ccncc2C)n1. The molecule has 18 heavy (non-hydrogen) atoms. The summed E-state index contributed by atoms with van der Waals surface area (Å²) in [5, 5.41) is 6.68. The average molecular weight is 261 g/mol. The Kier molecular flexibility index (Phi) is 4.44. The molecule has 0 bridgehead atoms. The van der Waals surface area contributed by atoms with Crippen LogP contribution in [0.5, 0.6) is 0 Å². The van der Waals surface area contributed by atoms with Crippen LogP contribution in [0.1, 0.15) is 37.6 Å². The Morgan fingerprint density at radius 3 is 3.00 bits per heavy atom. The molecule has 2 heterocycles. The molecule has 0 aliphatic heterocycles. The number of nitrogens with one attached hydrogen (secondary N) is 1. The Balaban J connectivity index is 2.18. The zero-order valence-electron chi connectivity index (χ0n) is 11.1. The number of nitrogens with zero attached hydrogens (tertiary/aromatic N) is 2. The van der Waals surface area contributed by atoms with Gasteiger partial charge in [0.2, 0.25) is 0 Å². The third-order valence-corrected chi connectivity index (χ3v) is 3.81. The van der Waals surface area contributed by atoms with Crippen molar-refractivity contribution in [2.24, 2.45) is 0 Å². The molecule has 2 aromatic rings. The highest BCUT2D eigenvalue weighted by Gasteiger charge is 2.11. The molecule has 2 rings (SSSR count). The molecule has 1 atom stereocenters.